The summed E-state index contributed by atoms with van der Waals surface area (Å²) in [7, 11) is 3.84. The van der Waals surface area contributed by atoms with Crippen LogP contribution in [0, 0.1) is 0 Å². The minimum absolute atomic E-state index is 0.270. The Bertz CT molecular complexity index is 330. The van der Waals surface area contributed by atoms with Crippen molar-refractivity contribution in [3.05, 3.63) is 35.9 Å². The van der Waals surface area contributed by atoms with Gasteiger partial charge < -0.3 is 10.1 Å². The summed E-state index contributed by atoms with van der Waals surface area (Å²) in [6.45, 7) is 0.783. The third-order valence-electron chi connectivity index (χ3n) is 4.19. The van der Waals surface area contributed by atoms with Crippen molar-refractivity contribution < 1.29 is 4.74 Å². The standard InChI is InChI=1S/C15H23NO/c1-16-14(12-17-2)15(10-6-7-11-15)13-8-4-3-5-9-13/h3-5,8-9,14,16H,6-7,10-12H2,1-2H3. The highest BCUT2D eigenvalue weighted by Crippen LogP contribution is 2.43. The van der Waals surface area contributed by atoms with Gasteiger partial charge in [-0.05, 0) is 25.5 Å². The molecule has 1 saturated carbocycles. The van der Waals surface area contributed by atoms with E-state index in [0.717, 1.165) is 6.61 Å². The summed E-state index contributed by atoms with van der Waals surface area (Å²) in [5, 5.41) is 3.46. The highest BCUT2D eigenvalue weighted by atomic mass is 16.5. The first-order valence-corrected chi connectivity index (χ1v) is 6.55. The highest BCUT2D eigenvalue weighted by Gasteiger charge is 2.41. The number of hydrogen-bond acceptors (Lipinski definition) is 2. The number of methoxy groups -OCH3 is 1. The zero-order valence-corrected chi connectivity index (χ0v) is 10.9. The second-order valence-corrected chi connectivity index (χ2v) is 5.03. The number of benzene rings is 1. The molecule has 17 heavy (non-hydrogen) atoms. The van der Waals surface area contributed by atoms with Crippen molar-refractivity contribution >= 4 is 0 Å². The van der Waals surface area contributed by atoms with Gasteiger partial charge in [-0.15, -0.1) is 0 Å². The van der Waals surface area contributed by atoms with Crippen molar-refractivity contribution in [3.8, 4) is 0 Å². The minimum atomic E-state index is 0.270. The Morgan fingerprint density at radius 3 is 2.41 bits per heavy atom. The van der Waals surface area contributed by atoms with E-state index in [-0.39, 0.29) is 5.41 Å². The number of rotatable bonds is 5. The summed E-state index contributed by atoms with van der Waals surface area (Å²) in [5.74, 6) is 0. The number of likely N-dealkylation sites (N-methyl/N-ethyl adjacent to an activating group) is 1. The smallest absolute Gasteiger partial charge is 0.0624 e. The van der Waals surface area contributed by atoms with Crippen LogP contribution in [0.3, 0.4) is 0 Å². The molecule has 1 aliphatic carbocycles. The molecule has 0 heterocycles. The van der Waals surface area contributed by atoms with E-state index in [9.17, 15) is 0 Å². The van der Waals surface area contributed by atoms with Crippen LogP contribution in [0.1, 0.15) is 31.2 Å². The van der Waals surface area contributed by atoms with Gasteiger partial charge in [0.2, 0.25) is 0 Å². The summed E-state index contributed by atoms with van der Waals surface area (Å²) >= 11 is 0. The number of ether oxygens (including phenoxy) is 1. The van der Waals surface area contributed by atoms with Crippen LogP contribution in [0.25, 0.3) is 0 Å². The molecule has 1 aliphatic rings. The molecule has 0 aliphatic heterocycles. The van der Waals surface area contributed by atoms with Crippen molar-refractivity contribution in [1.29, 1.82) is 0 Å². The third kappa shape index (κ3) is 2.38. The van der Waals surface area contributed by atoms with Crippen LogP contribution in [0.5, 0.6) is 0 Å². The quantitative estimate of drug-likeness (QED) is 0.844. The second kappa shape index (κ2) is 5.65. The zero-order valence-electron chi connectivity index (χ0n) is 10.9. The molecule has 94 valence electrons. The maximum absolute atomic E-state index is 5.39. The van der Waals surface area contributed by atoms with Crippen LogP contribution >= 0.6 is 0 Å². The lowest BCUT2D eigenvalue weighted by Gasteiger charge is -2.38. The van der Waals surface area contributed by atoms with Crippen LogP contribution in [-0.4, -0.2) is 26.8 Å². The van der Waals surface area contributed by atoms with Crippen LogP contribution < -0.4 is 5.32 Å². The molecule has 1 atom stereocenters. The van der Waals surface area contributed by atoms with Gasteiger partial charge in [-0.3, -0.25) is 0 Å². The zero-order chi connectivity index (χ0) is 12.1. The van der Waals surface area contributed by atoms with Gasteiger partial charge in [0.05, 0.1) is 6.61 Å². The third-order valence-corrected chi connectivity index (χ3v) is 4.19. The lowest BCUT2D eigenvalue weighted by Crippen LogP contribution is -2.48. The fourth-order valence-corrected chi connectivity index (χ4v) is 3.30. The van der Waals surface area contributed by atoms with Gasteiger partial charge in [0, 0.05) is 18.6 Å². The largest absolute Gasteiger partial charge is 0.383 e. The first-order chi connectivity index (χ1) is 8.33. The van der Waals surface area contributed by atoms with Crippen LogP contribution in [0.15, 0.2) is 30.3 Å². The molecule has 2 rings (SSSR count). The SMILES string of the molecule is CNC(COC)C1(c2ccccc2)CCCC1. The molecular formula is C15H23NO. The summed E-state index contributed by atoms with van der Waals surface area (Å²) < 4.78 is 5.39. The molecule has 0 radical (unpaired) electrons. The van der Waals surface area contributed by atoms with Gasteiger partial charge in [0.1, 0.15) is 0 Å². The van der Waals surface area contributed by atoms with Gasteiger partial charge in [-0.25, -0.2) is 0 Å². The van der Waals surface area contributed by atoms with Crippen molar-refractivity contribution in [2.24, 2.45) is 0 Å². The van der Waals surface area contributed by atoms with Crippen LogP contribution in [0.2, 0.25) is 0 Å². The molecule has 1 fully saturated rings. The Labute approximate surface area is 104 Å². The molecule has 0 aromatic heterocycles. The van der Waals surface area contributed by atoms with Gasteiger partial charge in [0.15, 0.2) is 0 Å². The molecular weight excluding hydrogens is 210 g/mol. The lowest BCUT2D eigenvalue weighted by molar-refractivity contribution is 0.129. The van der Waals surface area contributed by atoms with Crippen molar-refractivity contribution in [1.82, 2.24) is 5.32 Å². The van der Waals surface area contributed by atoms with Crippen molar-refractivity contribution in [2.45, 2.75) is 37.1 Å². The van der Waals surface area contributed by atoms with E-state index in [2.05, 4.69) is 35.6 Å². The molecule has 2 nitrogen and oxygen atoms in total. The van der Waals surface area contributed by atoms with Gasteiger partial charge >= 0.3 is 0 Å². The molecule has 1 N–H and O–H groups in total. The Morgan fingerprint density at radius 1 is 1.24 bits per heavy atom. The van der Waals surface area contributed by atoms with E-state index >= 15 is 0 Å². The van der Waals surface area contributed by atoms with Crippen molar-refractivity contribution in [2.75, 3.05) is 20.8 Å². The van der Waals surface area contributed by atoms with Gasteiger partial charge in [-0.2, -0.15) is 0 Å². The topological polar surface area (TPSA) is 21.3 Å². The van der Waals surface area contributed by atoms with Crippen molar-refractivity contribution in [3.63, 3.8) is 0 Å². The van der Waals surface area contributed by atoms with Gasteiger partial charge in [0.25, 0.3) is 0 Å². The Morgan fingerprint density at radius 2 is 1.88 bits per heavy atom. The average Bonchev–Trinajstić information content (AvgIpc) is 2.87. The molecule has 2 heteroatoms. The molecule has 1 aromatic rings. The fourth-order valence-electron chi connectivity index (χ4n) is 3.30. The average molecular weight is 233 g/mol. The van der Waals surface area contributed by atoms with E-state index in [4.69, 9.17) is 4.74 Å². The molecule has 0 spiro atoms. The predicted molar refractivity (Wildman–Crippen MR) is 71.3 cm³/mol. The molecule has 0 saturated heterocycles. The first-order valence-electron chi connectivity index (χ1n) is 6.55. The monoisotopic (exact) mass is 233 g/mol. The van der Waals surface area contributed by atoms with E-state index in [1.54, 1.807) is 7.11 Å². The first kappa shape index (κ1) is 12.6. The van der Waals surface area contributed by atoms with E-state index < -0.39 is 0 Å². The Balaban J connectivity index is 2.32. The summed E-state index contributed by atoms with van der Waals surface area (Å²) in [4.78, 5) is 0. The molecule has 0 amide bonds. The summed E-state index contributed by atoms with van der Waals surface area (Å²) in [6, 6.07) is 11.3. The van der Waals surface area contributed by atoms with Gasteiger partial charge in [-0.1, -0.05) is 43.2 Å². The summed E-state index contributed by atoms with van der Waals surface area (Å²) in [6.07, 6.45) is 5.20. The maximum Gasteiger partial charge on any atom is 0.0624 e. The van der Waals surface area contributed by atoms with Crippen LogP contribution in [0.4, 0.5) is 0 Å². The predicted octanol–water partition coefficient (Wildman–Crippen LogP) is 2.73. The Hall–Kier alpha value is -0.860. The summed E-state index contributed by atoms with van der Waals surface area (Å²) in [5.41, 5.74) is 1.74. The highest BCUT2D eigenvalue weighted by molar-refractivity contribution is 5.29. The second-order valence-electron chi connectivity index (χ2n) is 5.03. The molecule has 0 bridgehead atoms. The lowest BCUT2D eigenvalue weighted by atomic mass is 9.73. The van der Waals surface area contributed by atoms with Crippen LogP contribution in [-0.2, 0) is 10.2 Å². The van der Waals surface area contributed by atoms with E-state index in [1.807, 2.05) is 7.05 Å². The molecule has 1 unspecified atom stereocenters. The van der Waals surface area contributed by atoms with E-state index in [0.29, 0.717) is 6.04 Å². The maximum atomic E-state index is 5.39. The van der Waals surface area contributed by atoms with E-state index in [1.165, 1.54) is 31.2 Å². The molecule has 1 aromatic carbocycles. The number of hydrogen-bond donors (Lipinski definition) is 1. The Kier molecular flexibility index (Phi) is 4.19. The normalized spacial score (nSPS) is 20.4. The number of nitrogens with one attached hydrogen (secondary N) is 1. The fraction of sp³-hybridized carbons (Fsp3) is 0.600. The minimum Gasteiger partial charge on any atom is -0.383 e.